The molecule has 0 atom stereocenters. The zero-order chi connectivity index (χ0) is 23.5. The van der Waals surface area contributed by atoms with Crippen LogP contribution in [0.5, 0.6) is 11.5 Å². The van der Waals surface area contributed by atoms with Gasteiger partial charge in [-0.1, -0.05) is 22.0 Å². The first kappa shape index (κ1) is 23.4. The second-order valence-electron chi connectivity index (χ2n) is 6.14. The Bertz CT molecular complexity index is 1340. The summed E-state index contributed by atoms with van der Waals surface area (Å²) >= 11 is 3.27. The van der Waals surface area contributed by atoms with Crippen LogP contribution in [0, 0.1) is 5.82 Å². The highest BCUT2D eigenvalue weighted by Crippen LogP contribution is 2.25. The van der Waals surface area contributed by atoms with Crippen molar-refractivity contribution in [1.82, 2.24) is 9.78 Å². The molecule has 0 unspecified atom stereocenters. The maximum absolute atomic E-state index is 14.0. The maximum atomic E-state index is 14.0. The van der Waals surface area contributed by atoms with Crippen molar-refractivity contribution < 1.29 is 31.3 Å². The zero-order valence-electron chi connectivity index (χ0n) is 16.7. The fraction of sp³-hybridized carbons (Fsp3) is 0.150. The first-order chi connectivity index (χ1) is 15.2. The van der Waals surface area contributed by atoms with E-state index in [0.717, 1.165) is 22.9 Å². The fourth-order valence-electron chi connectivity index (χ4n) is 2.61. The molecule has 0 amide bonds. The molecular weight excluding hydrogens is 511 g/mol. The van der Waals surface area contributed by atoms with Gasteiger partial charge in [0.25, 0.3) is 5.56 Å². The predicted molar refractivity (Wildman–Crippen MR) is 114 cm³/mol. The highest BCUT2D eigenvalue weighted by Gasteiger charge is 2.26. The minimum atomic E-state index is -4.63. The lowest BCUT2D eigenvalue weighted by atomic mass is 10.3. The largest absolute Gasteiger partial charge is 0.494 e. The van der Waals surface area contributed by atoms with E-state index in [4.69, 9.17) is 13.7 Å². The molecule has 0 bridgehead atoms. The molecular formula is C20H16BrFN2O7S. The monoisotopic (exact) mass is 526 g/mol. The number of rotatable bonds is 7. The third-order valence-electron chi connectivity index (χ3n) is 4.03. The van der Waals surface area contributed by atoms with Crippen LogP contribution in [0.3, 0.4) is 0 Å². The van der Waals surface area contributed by atoms with E-state index < -0.39 is 43.8 Å². The summed E-state index contributed by atoms with van der Waals surface area (Å²) in [5.41, 5.74) is -1.02. The van der Waals surface area contributed by atoms with Crippen molar-refractivity contribution in [2.24, 2.45) is 0 Å². The van der Waals surface area contributed by atoms with Gasteiger partial charge in [-0.05, 0) is 43.3 Å². The van der Waals surface area contributed by atoms with Crippen LogP contribution in [0.1, 0.15) is 17.4 Å². The molecule has 32 heavy (non-hydrogen) atoms. The SMILES string of the molecule is CCOC(=O)c1nn(-c2cccc(Br)c2)c(=O)cc1OS(=O)(=O)c1ccc(OC)c(F)c1. The summed E-state index contributed by atoms with van der Waals surface area (Å²) in [5, 5.41) is 3.95. The van der Waals surface area contributed by atoms with Crippen LogP contribution in [0.15, 0.2) is 62.7 Å². The number of hydrogen-bond acceptors (Lipinski definition) is 8. The number of benzene rings is 2. The van der Waals surface area contributed by atoms with Crippen molar-refractivity contribution >= 4 is 32.0 Å². The summed E-state index contributed by atoms with van der Waals surface area (Å²) in [7, 11) is -3.41. The molecule has 3 aromatic rings. The van der Waals surface area contributed by atoms with Crippen molar-refractivity contribution in [1.29, 1.82) is 0 Å². The molecule has 2 aromatic carbocycles. The van der Waals surface area contributed by atoms with E-state index in [1.807, 2.05) is 0 Å². The van der Waals surface area contributed by atoms with Gasteiger partial charge in [0.2, 0.25) is 5.69 Å². The van der Waals surface area contributed by atoms with Gasteiger partial charge in [-0.3, -0.25) is 4.79 Å². The molecule has 0 radical (unpaired) electrons. The number of nitrogens with zero attached hydrogens (tertiary/aromatic N) is 2. The zero-order valence-corrected chi connectivity index (χ0v) is 19.1. The van der Waals surface area contributed by atoms with Gasteiger partial charge in [0, 0.05) is 4.47 Å². The van der Waals surface area contributed by atoms with Gasteiger partial charge >= 0.3 is 16.1 Å². The number of carbonyl (C=O) groups excluding carboxylic acids is 1. The smallest absolute Gasteiger partial charge is 0.362 e. The molecule has 1 heterocycles. The van der Waals surface area contributed by atoms with Crippen molar-refractivity contribution in [2.75, 3.05) is 13.7 Å². The molecule has 3 rings (SSSR count). The Hall–Kier alpha value is -3.25. The molecule has 0 saturated heterocycles. The summed E-state index contributed by atoms with van der Waals surface area (Å²) in [5.74, 6) is -2.78. The molecule has 9 nitrogen and oxygen atoms in total. The van der Waals surface area contributed by atoms with Crippen molar-refractivity contribution in [3.63, 3.8) is 0 Å². The molecule has 0 aliphatic carbocycles. The molecule has 12 heteroatoms. The molecule has 0 spiro atoms. The highest BCUT2D eigenvalue weighted by molar-refractivity contribution is 9.10. The van der Waals surface area contributed by atoms with E-state index in [1.54, 1.807) is 31.2 Å². The number of aromatic nitrogens is 2. The van der Waals surface area contributed by atoms with Gasteiger partial charge in [0.15, 0.2) is 17.3 Å². The summed E-state index contributed by atoms with van der Waals surface area (Å²) < 4.78 is 55.5. The molecule has 1 aromatic heterocycles. The predicted octanol–water partition coefficient (Wildman–Crippen LogP) is 3.09. The number of halogens is 2. The van der Waals surface area contributed by atoms with E-state index in [0.29, 0.717) is 16.2 Å². The van der Waals surface area contributed by atoms with Gasteiger partial charge in [0.05, 0.1) is 25.5 Å². The van der Waals surface area contributed by atoms with Crippen LogP contribution in [0.4, 0.5) is 4.39 Å². The first-order valence-electron chi connectivity index (χ1n) is 9.01. The quantitative estimate of drug-likeness (QED) is 0.340. The van der Waals surface area contributed by atoms with E-state index >= 15 is 0 Å². The molecule has 0 N–H and O–H groups in total. The first-order valence-corrected chi connectivity index (χ1v) is 11.2. The van der Waals surface area contributed by atoms with E-state index in [9.17, 15) is 22.4 Å². The topological polar surface area (TPSA) is 114 Å². The molecule has 0 aliphatic heterocycles. The summed E-state index contributed by atoms with van der Waals surface area (Å²) in [6.45, 7) is 1.51. The van der Waals surface area contributed by atoms with Gasteiger partial charge in [-0.2, -0.15) is 18.2 Å². The van der Waals surface area contributed by atoms with Crippen LogP contribution in [-0.4, -0.2) is 37.9 Å². The normalized spacial score (nSPS) is 11.1. The van der Waals surface area contributed by atoms with Crippen LogP contribution in [0.25, 0.3) is 5.69 Å². The standard InChI is InChI=1S/C20H16BrFN2O7S/c1-3-30-20(26)19-17(11-18(25)24(23-19)13-6-4-5-12(21)9-13)31-32(27,28)14-7-8-16(29-2)15(22)10-14/h4-11H,3H2,1-2H3. The molecule has 0 saturated carbocycles. The second-order valence-corrected chi connectivity index (χ2v) is 8.60. The van der Waals surface area contributed by atoms with Gasteiger partial charge < -0.3 is 13.7 Å². The Morgan fingerprint density at radius 3 is 2.53 bits per heavy atom. The lowest BCUT2D eigenvalue weighted by molar-refractivity contribution is 0.0515. The number of hydrogen-bond donors (Lipinski definition) is 0. The van der Waals surface area contributed by atoms with E-state index in [-0.39, 0.29) is 12.4 Å². The van der Waals surface area contributed by atoms with Crippen LogP contribution >= 0.6 is 15.9 Å². The second kappa shape index (κ2) is 9.49. The summed E-state index contributed by atoms with van der Waals surface area (Å²) in [6, 6.07) is 10.1. The van der Waals surface area contributed by atoms with Crippen LogP contribution in [0.2, 0.25) is 0 Å². The molecule has 168 valence electrons. The Kier molecular flexibility index (Phi) is 6.94. The van der Waals surface area contributed by atoms with Gasteiger partial charge in [-0.25, -0.2) is 9.18 Å². The van der Waals surface area contributed by atoms with Crippen LogP contribution in [-0.2, 0) is 14.9 Å². The number of esters is 1. The minimum Gasteiger partial charge on any atom is -0.494 e. The van der Waals surface area contributed by atoms with Crippen molar-refractivity contribution in [3.8, 4) is 17.2 Å². The lowest BCUT2D eigenvalue weighted by Gasteiger charge is -2.13. The molecule has 0 fully saturated rings. The van der Waals surface area contributed by atoms with Gasteiger partial charge in [0.1, 0.15) is 4.90 Å². The third kappa shape index (κ3) is 4.97. The maximum Gasteiger partial charge on any atom is 0.362 e. The van der Waals surface area contributed by atoms with Crippen molar-refractivity contribution in [3.05, 3.63) is 74.9 Å². The van der Waals surface area contributed by atoms with Crippen LogP contribution < -0.4 is 14.5 Å². The highest BCUT2D eigenvalue weighted by atomic mass is 79.9. The summed E-state index contributed by atoms with van der Waals surface area (Å²) in [4.78, 5) is 24.5. The minimum absolute atomic E-state index is 0.0353. The number of methoxy groups -OCH3 is 1. The fourth-order valence-corrected chi connectivity index (χ4v) is 3.94. The Labute approximate surface area is 190 Å². The Morgan fingerprint density at radius 2 is 1.91 bits per heavy atom. The average molecular weight is 527 g/mol. The van der Waals surface area contributed by atoms with Crippen molar-refractivity contribution in [2.45, 2.75) is 11.8 Å². The van der Waals surface area contributed by atoms with Gasteiger partial charge in [-0.15, -0.1) is 0 Å². The van der Waals surface area contributed by atoms with E-state index in [2.05, 4.69) is 21.0 Å². The number of ether oxygens (including phenoxy) is 2. The Balaban J connectivity index is 2.11. The Morgan fingerprint density at radius 1 is 1.16 bits per heavy atom. The number of carbonyl (C=O) groups is 1. The molecule has 0 aliphatic rings. The lowest BCUT2D eigenvalue weighted by Crippen LogP contribution is -2.26. The third-order valence-corrected chi connectivity index (χ3v) is 5.75. The summed E-state index contributed by atoms with van der Waals surface area (Å²) in [6.07, 6.45) is 0. The van der Waals surface area contributed by atoms with E-state index in [1.165, 1.54) is 7.11 Å². The average Bonchev–Trinajstić information content (AvgIpc) is 2.73.